The Kier molecular flexibility index (Phi) is 3.99. The van der Waals surface area contributed by atoms with E-state index in [1.807, 2.05) is 0 Å². The topological polar surface area (TPSA) is 57.5 Å². The van der Waals surface area contributed by atoms with Crippen LogP contribution in [0, 0.1) is 40.4 Å². The summed E-state index contributed by atoms with van der Waals surface area (Å²) in [4.78, 5) is 12.3. The Morgan fingerprint density at radius 1 is 0.920 bits per heavy atom. The Labute approximate surface area is 152 Å². The lowest BCUT2D eigenvalue weighted by molar-refractivity contribution is -0.176. The largest absolute Gasteiger partial charge is 0.393 e. The summed E-state index contributed by atoms with van der Waals surface area (Å²) in [5.74, 6) is 2.86. The van der Waals surface area contributed by atoms with Crippen LogP contribution in [-0.4, -0.2) is 27.7 Å². The molecule has 0 amide bonds. The first kappa shape index (κ1) is 18.0. The van der Waals surface area contributed by atoms with E-state index in [2.05, 4.69) is 20.8 Å². The molecule has 3 heteroatoms. The van der Waals surface area contributed by atoms with Crippen LogP contribution in [0.2, 0.25) is 0 Å². The highest BCUT2D eigenvalue weighted by Gasteiger charge is 2.66. The minimum atomic E-state index is -1.10. The van der Waals surface area contributed by atoms with Gasteiger partial charge in [-0.25, -0.2) is 0 Å². The highest BCUT2D eigenvalue weighted by molar-refractivity contribution is 5.86. The van der Waals surface area contributed by atoms with Crippen molar-refractivity contribution in [2.75, 3.05) is 0 Å². The number of aliphatic hydroxyl groups excluding tert-OH is 1. The second-order valence-electron chi connectivity index (χ2n) is 10.4. The first-order valence-electron chi connectivity index (χ1n) is 10.6. The molecule has 0 radical (unpaired) electrons. The number of hydrogen-bond acceptors (Lipinski definition) is 3. The van der Waals surface area contributed by atoms with Crippen molar-refractivity contribution < 1.29 is 15.0 Å². The Morgan fingerprint density at radius 2 is 1.60 bits per heavy atom. The minimum Gasteiger partial charge on any atom is -0.393 e. The summed E-state index contributed by atoms with van der Waals surface area (Å²) in [5.41, 5.74) is -1.00. The zero-order chi connectivity index (χ0) is 18.2. The smallest absolute Gasteiger partial charge is 0.161 e. The van der Waals surface area contributed by atoms with E-state index in [0.29, 0.717) is 41.4 Å². The zero-order valence-corrected chi connectivity index (χ0v) is 16.4. The SMILES string of the molecule is CC(=O)[C@@]1(O)CCC2C3CCC4C(C)C(O)CC[C@]4(C)C3CC[C@@]21C. The maximum absolute atomic E-state index is 12.3. The van der Waals surface area contributed by atoms with E-state index in [4.69, 9.17) is 0 Å². The van der Waals surface area contributed by atoms with Crippen molar-refractivity contribution in [1.82, 2.24) is 0 Å². The number of ketones is 1. The second kappa shape index (κ2) is 5.55. The average molecular weight is 349 g/mol. The number of carbonyl (C=O) groups is 1. The van der Waals surface area contributed by atoms with Gasteiger partial charge >= 0.3 is 0 Å². The maximum Gasteiger partial charge on any atom is 0.161 e. The summed E-state index contributed by atoms with van der Waals surface area (Å²) in [6.45, 7) is 8.53. The Bertz CT molecular complexity index is 574. The normalized spacial score (nSPS) is 58.2. The van der Waals surface area contributed by atoms with Gasteiger partial charge in [0.05, 0.1) is 6.10 Å². The van der Waals surface area contributed by atoms with Gasteiger partial charge in [0.1, 0.15) is 5.60 Å². The molecule has 0 heterocycles. The van der Waals surface area contributed by atoms with Crippen molar-refractivity contribution >= 4 is 5.78 Å². The van der Waals surface area contributed by atoms with Crippen molar-refractivity contribution in [3.05, 3.63) is 0 Å². The van der Waals surface area contributed by atoms with Gasteiger partial charge in [0.2, 0.25) is 0 Å². The molecule has 2 N–H and O–H groups in total. The molecule has 0 aromatic carbocycles. The molecule has 0 aromatic heterocycles. The van der Waals surface area contributed by atoms with E-state index < -0.39 is 5.60 Å². The van der Waals surface area contributed by atoms with E-state index in [9.17, 15) is 15.0 Å². The molecule has 3 nitrogen and oxygen atoms in total. The molecule has 0 bridgehead atoms. The van der Waals surface area contributed by atoms with Gasteiger partial charge in [0.15, 0.2) is 5.78 Å². The fourth-order valence-corrected chi connectivity index (χ4v) is 8.30. The highest BCUT2D eigenvalue weighted by Crippen LogP contribution is 2.68. The number of aliphatic hydroxyl groups is 2. The van der Waals surface area contributed by atoms with Gasteiger partial charge in [-0.1, -0.05) is 20.8 Å². The summed E-state index contributed by atoms with van der Waals surface area (Å²) in [7, 11) is 0. The van der Waals surface area contributed by atoms with E-state index in [1.165, 1.54) is 12.8 Å². The predicted octanol–water partition coefficient (Wildman–Crippen LogP) is 3.96. The molecule has 4 rings (SSSR count). The quantitative estimate of drug-likeness (QED) is 0.754. The molecule has 0 aliphatic heterocycles. The average Bonchev–Trinajstić information content (AvgIpc) is 2.84. The molecule has 4 aliphatic rings. The van der Waals surface area contributed by atoms with E-state index in [1.54, 1.807) is 6.92 Å². The highest BCUT2D eigenvalue weighted by atomic mass is 16.3. The van der Waals surface area contributed by atoms with Crippen molar-refractivity contribution in [3.63, 3.8) is 0 Å². The van der Waals surface area contributed by atoms with Crippen LogP contribution in [0.3, 0.4) is 0 Å². The van der Waals surface area contributed by atoms with Crippen LogP contribution in [0.1, 0.15) is 79.1 Å². The van der Waals surface area contributed by atoms with Gasteiger partial charge in [0, 0.05) is 5.41 Å². The van der Waals surface area contributed by atoms with Crippen LogP contribution < -0.4 is 0 Å². The van der Waals surface area contributed by atoms with Gasteiger partial charge in [-0.15, -0.1) is 0 Å². The molecule has 6 unspecified atom stereocenters. The van der Waals surface area contributed by atoms with E-state index in [-0.39, 0.29) is 17.3 Å². The number of hydrogen-bond donors (Lipinski definition) is 2. The predicted molar refractivity (Wildman–Crippen MR) is 97.9 cm³/mol. The Balaban J connectivity index is 1.66. The van der Waals surface area contributed by atoms with Crippen LogP contribution in [0.4, 0.5) is 0 Å². The molecule has 4 aliphatic carbocycles. The molecule has 25 heavy (non-hydrogen) atoms. The maximum atomic E-state index is 12.3. The van der Waals surface area contributed by atoms with Crippen LogP contribution in [0.5, 0.6) is 0 Å². The fourth-order valence-electron chi connectivity index (χ4n) is 8.30. The molecule has 0 saturated heterocycles. The van der Waals surface area contributed by atoms with Gasteiger partial charge in [-0.2, -0.15) is 0 Å². The van der Waals surface area contributed by atoms with E-state index in [0.717, 1.165) is 32.1 Å². The third kappa shape index (κ3) is 2.15. The van der Waals surface area contributed by atoms with Crippen LogP contribution in [-0.2, 0) is 4.79 Å². The summed E-state index contributed by atoms with van der Waals surface area (Å²) in [5, 5.41) is 21.6. The number of carbonyl (C=O) groups excluding carboxylic acids is 1. The lowest BCUT2D eigenvalue weighted by atomic mass is 9.43. The number of rotatable bonds is 1. The molecule has 4 saturated carbocycles. The van der Waals surface area contributed by atoms with Crippen molar-refractivity contribution in [2.45, 2.75) is 90.8 Å². The minimum absolute atomic E-state index is 0.0229. The lowest BCUT2D eigenvalue weighted by Crippen LogP contribution is -2.59. The molecule has 9 atom stereocenters. The van der Waals surface area contributed by atoms with Crippen LogP contribution in [0.15, 0.2) is 0 Å². The standard InChI is InChI=1S/C22H36O3/c1-13-16-6-5-15-17(20(16,3)10-9-19(13)24)7-11-21(4)18(15)8-12-22(21,25)14(2)23/h13,15-19,24-25H,5-12H2,1-4H3/t13?,15?,16?,17?,18?,19?,20-,21-,22-/m0/s1. The third-order valence-electron chi connectivity index (χ3n) is 9.90. The lowest BCUT2D eigenvalue weighted by Gasteiger charge is -2.62. The summed E-state index contributed by atoms with van der Waals surface area (Å²) in [6, 6.07) is 0. The zero-order valence-electron chi connectivity index (χ0n) is 16.4. The molecular formula is C22H36O3. The first-order valence-corrected chi connectivity index (χ1v) is 10.6. The summed E-state index contributed by atoms with van der Waals surface area (Å²) >= 11 is 0. The molecular weight excluding hydrogens is 312 g/mol. The fraction of sp³-hybridized carbons (Fsp3) is 0.955. The number of Topliss-reactive ketones (excluding diaryl/α,β-unsaturated/α-hetero) is 1. The van der Waals surface area contributed by atoms with Crippen molar-refractivity contribution in [1.29, 1.82) is 0 Å². The summed E-state index contributed by atoms with van der Waals surface area (Å²) < 4.78 is 0. The van der Waals surface area contributed by atoms with Crippen LogP contribution >= 0.6 is 0 Å². The van der Waals surface area contributed by atoms with Crippen molar-refractivity contribution in [2.24, 2.45) is 40.4 Å². The summed E-state index contributed by atoms with van der Waals surface area (Å²) in [6.07, 6.45) is 8.17. The number of fused-ring (bicyclic) bond motifs is 5. The van der Waals surface area contributed by atoms with Crippen molar-refractivity contribution in [3.8, 4) is 0 Å². The second-order valence-corrected chi connectivity index (χ2v) is 10.4. The molecule has 4 fully saturated rings. The molecule has 142 valence electrons. The third-order valence-corrected chi connectivity index (χ3v) is 9.90. The Morgan fingerprint density at radius 3 is 2.28 bits per heavy atom. The van der Waals surface area contributed by atoms with Gasteiger partial charge in [-0.05, 0) is 93.3 Å². The van der Waals surface area contributed by atoms with Gasteiger partial charge in [0.25, 0.3) is 0 Å². The Hall–Kier alpha value is -0.410. The first-order chi connectivity index (χ1) is 11.6. The van der Waals surface area contributed by atoms with E-state index >= 15 is 0 Å². The van der Waals surface area contributed by atoms with Crippen LogP contribution in [0.25, 0.3) is 0 Å². The molecule has 0 spiro atoms. The monoisotopic (exact) mass is 348 g/mol. The van der Waals surface area contributed by atoms with Gasteiger partial charge in [-0.3, -0.25) is 4.79 Å². The van der Waals surface area contributed by atoms with Gasteiger partial charge < -0.3 is 10.2 Å². The molecule has 0 aromatic rings.